The van der Waals surface area contributed by atoms with Gasteiger partial charge in [0.25, 0.3) is 5.91 Å². The van der Waals surface area contributed by atoms with Crippen molar-refractivity contribution in [2.24, 2.45) is 0 Å². The van der Waals surface area contributed by atoms with E-state index in [0.717, 1.165) is 11.1 Å². The van der Waals surface area contributed by atoms with Crippen molar-refractivity contribution in [3.05, 3.63) is 34.9 Å². The molecule has 0 saturated carbocycles. The van der Waals surface area contributed by atoms with E-state index < -0.39 is 0 Å². The van der Waals surface area contributed by atoms with Crippen molar-refractivity contribution in [2.75, 3.05) is 32.9 Å². The number of carbonyl (C=O) groups is 1. The molecule has 0 fully saturated rings. The number of aryl methyl sites for hydroxylation is 1. The Morgan fingerprint density at radius 2 is 1.81 bits per heavy atom. The summed E-state index contributed by atoms with van der Waals surface area (Å²) < 4.78 is 0. The Hall–Kier alpha value is -1.87. The van der Waals surface area contributed by atoms with Gasteiger partial charge in [0.1, 0.15) is 0 Å². The van der Waals surface area contributed by atoms with Gasteiger partial charge in [-0.1, -0.05) is 17.9 Å². The third kappa shape index (κ3) is 5.20. The van der Waals surface area contributed by atoms with Gasteiger partial charge < -0.3 is 20.2 Å². The average Bonchev–Trinajstić information content (AvgIpc) is 2.48. The molecule has 21 heavy (non-hydrogen) atoms. The number of benzene rings is 1. The van der Waals surface area contributed by atoms with E-state index in [1.54, 1.807) is 12.1 Å². The van der Waals surface area contributed by atoms with E-state index in [2.05, 4.69) is 11.8 Å². The summed E-state index contributed by atoms with van der Waals surface area (Å²) in [6, 6.07) is 5.21. The average molecular weight is 291 g/mol. The maximum Gasteiger partial charge on any atom is 0.254 e. The van der Waals surface area contributed by atoms with Crippen LogP contribution in [-0.4, -0.2) is 59.0 Å². The molecule has 0 unspecified atom stereocenters. The van der Waals surface area contributed by atoms with Crippen LogP contribution in [0.1, 0.15) is 27.9 Å². The normalized spacial score (nSPS) is 9.90. The molecule has 5 nitrogen and oxygen atoms in total. The molecule has 0 heterocycles. The van der Waals surface area contributed by atoms with E-state index in [1.165, 1.54) is 4.90 Å². The third-order valence-electron chi connectivity index (χ3n) is 2.97. The molecule has 0 aromatic heterocycles. The topological polar surface area (TPSA) is 81.0 Å². The molecule has 0 aliphatic rings. The predicted octanol–water partition coefficient (Wildman–Crippen LogP) is 0.156. The molecule has 0 bridgehead atoms. The molecule has 1 amide bonds. The van der Waals surface area contributed by atoms with Crippen molar-refractivity contribution < 1.29 is 20.1 Å². The molecule has 1 aromatic carbocycles. The molecule has 0 spiro atoms. The Morgan fingerprint density at radius 3 is 2.38 bits per heavy atom. The summed E-state index contributed by atoms with van der Waals surface area (Å²) in [5.74, 6) is 5.52. The first kappa shape index (κ1) is 17.2. The summed E-state index contributed by atoms with van der Waals surface area (Å²) in [6.45, 7) is 1.96. The first-order valence-corrected chi connectivity index (χ1v) is 6.85. The van der Waals surface area contributed by atoms with Crippen LogP contribution in [0.25, 0.3) is 0 Å². The number of rotatable bonds is 6. The number of hydrogen-bond donors (Lipinski definition) is 3. The van der Waals surface area contributed by atoms with Gasteiger partial charge in [-0.15, -0.1) is 0 Å². The molecule has 0 saturated heterocycles. The van der Waals surface area contributed by atoms with Crippen LogP contribution < -0.4 is 0 Å². The summed E-state index contributed by atoms with van der Waals surface area (Å²) >= 11 is 0. The Morgan fingerprint density at radius 1 is 1.14 bits per heavy atom. The number of hydrogen-bond acceptors (Lipinski definition) is 4. The zero-order valence-electron chi connectivity index (χ0n) is 12.2. The summed E-state index contributed by atoms with van der Waals surface area (Å²) in [7, 11) is 0. The Kier molecular flexibility index (Phi) is 7.48. The smallest absolute Gasteiger partial charge is 0.254 e. The minimum atomic E-state index is -0.247. The van der Waals surface area contributed by atoms with Crippen molar-refractivity contribution in [1.29, 1.82) is 0 Å². The third-order valence-corrected chi connectivity index (χ3v) is 2.97. The molecule has 1 aromatic rings. The van der Waals surface area contributed by atoms with Crippen molar-refractivity contribution in [1.82, 2.24) is 4.90 Å². The number of carbonyl (C=O) groups excluding carboxylic acids is 1. The van der Waals surface area contributed by atoms with Crippen LogP contribution >= 0.6 is 0 Å². The molecule has 3 N–H and O–H groups in total. The van der Waals surface area contributed by atoms with Gasteiger partial charge in [-0.3, -0.25) is 4.79 Å². The Bertz CT molecular complexity index is 525. The second-order valence-electron chi connectivity index (χ2n) is 4.54. The quantitative estimate of drug-likeness (QED) is 0.652. The highest BCUT2D eigenvalue weighted by Gasteiger charge is 2.15. The largest absolute Gasteiger partial charge is 0.395 e. The number of amides is 1. The van der Waals surface area contributed by atoms with Gasteiger partial charge >= 0.3 is 0 Å². The molecule has 114 valence electrons. The van der Waals surface area contributed by atoms with E-state index >= 15 is 0 Å². The summed E-state index contributed by atoms with van der Waals surface area (Å²) in [5, 5.41) is 26.7. The van der Waals surface area contributed by atoms with E-state index in [9.17, 15) is 4.79 Å². The lowest BCUT2D eigenvalue weighted by atomic mass is 10.0. The molecule has 0 aliphatic heterocycles. The van der Waals surface area contributed by atoms with Crippen LogP contribution in [-0.2, 0) is 0 Å². The first-order valence-electron chi connectivity index (χ1n) is 6.85. The van der Waals surface area contributed by atoms with Gasteiger partial charge in [0.05, 0.1) is 19.8 Å². The molecule has 1 rings (SSSR count). The van der Waals surface area contributed by atoms with Crippen LogP contribution in [0.3, 0.4) is 0 Å². The van der Waals surface area contributed by atoms with E-state index in [-0.39, 0.29) is 38.8 Å². The number of nitrogens with zero attached hydrogens (tertiary/aromatic N) is 1. The van der Waals surface area contributed by atoms with Gasteiger partial charge in [0.15, 0.2) is 0 Å². The Balaban J connectivity index is 2.99. The SMILES string of the molecule is Cc1ccc(C(=O)N(CCO)CCO)cc1C#CCCO. The van der Waals surface area contributed by atoms with E-state index in [0.29, 0.717) is 12.0 Å². The van der Waals surface area contributed by atoms with Crippen LogP contribution in [0.2, 0.25) is 0 Å². The van der Waals surface area contributed by atoms with Crippen molar-refractivity contribution in [3.63, 3.8) is 0 Å². The lowest BCUT2D eigenvalue weighted by Gasteiger charge is -2.21. The van der Waals surface area contributed by atoms with E-state index in [1.807, 2.05) is 13.0 Å². The minimum absolute atomic E-state index is 0.00540. The Labute approximate surface area is 124 Å². The zero-order valence-corrected chi connectivity index (χ0v) is 12.2. The summed E-state index contributed by atoms with van der Waals surface area (Å²) in [5.41, 5.74) is 2.16. The monoisotopic (exact) mass is 291 g/mol. The highest BCUT2D eigenvalue weighted by atomic mass is 16.3. The van der Waals surface area contributed by atoms with Crippen LogP contribution in [0, 0.1) is 18.8 Å². The van der Waals surface area contributed by atoms with Gasteiger partial charge in [0.2, 0.25) is 0 Å². The summed E-state index contributed by atoms with van der Waals surface area (Å²) in [6.07, 6.45) is 0.388. The second-order valence-corrected chi connectivity index (χ2v) is 4.54. The van der Waals surface area contributed by atoms with Crippen LogP contribution in [0.15, 0.2) is 18.2 Å². The molecular formula is C16H21NO4. The lowest BCUT2D eigenvalue weighted by molar-refractivity contribution is 0.0685. The van der Waals surface area contributed by atoms with Gasteiger partial charge in [-0.25, -0.2) is 0 Å². The molecule has 0 radical (unpaired) electrons. The fourth-order valence-electron chi connectivity index (χ4n) is 1.84. The first-order chi connectivity index (χ1) is 10.1. The van der Waals surface area contributed by atoms with Crippen molar-refractivity contribution in [2.45, 2.75) is 13.3 Å². The van der Waals surface area contributed by atoms with E-state index in [4.69, 9.17) is 15.3 Å². The summed E-state index contributed by atoms with van der Waals surface area (Å²) in [4.78, 5) is 13.7. The lowest BCUT2D eigenvalue weighted by Crippen LogP contribution is -2.35. The molecular weight excluding hydrogens is 270 g/mol. The van der Waals surface area contributed by atoms with Crippen LogP contribution in [0.4, 0.5) is 0 Å². The second kappa shape index (κ2) is 9.14. The zero-order chi connectivity index (χ0) is 15.7. The van der Waals surface area contributed by atoms with Crippen LogP contribution in [0.5, 0.6) is 0 Å². The molecule has 5 heteroatoms. The predicted molar refractivity (Wildman–Crippen MR) is 79.8 cm³/mol. The fraction of sp³-hybridized carbons (Fsp3) is 0.438. The highest BCUT2D eigenvalue weighted by molar-refractivity contribution is 5.94. The highest BCUT2D eigenvalue weighted by Crippen LogP contribution is 2.12. The minimum Gasteiger partial charge on any atom is -0.395 e. The maximum atomic E-state index is 12.3. The van der Waals surface area contributed by atoms with Crippen molar-refractivity contribution in [3.8, 4) is 11.8 Å². The maximum absolute atomic E-state index is 12.3. The molecule has 0 atom stereocenters. The number of aliphatic hydroxyl groups is 3. The van der Waals surface area contributed by atoms with Gasteiger partial charge in [0, 0.05) is 30.6 Å². The van der Waals surface area contributed by atoms with Gasteiger partial charge in [-0.05, 0) is 24.6 Å². The van der Waals surface area contributed by atoms with Gasteiger partial charge in [-0.2, -0.15) is 0 Å². The standard InChI is InChI=1S/C16H21NO4/c1-13-5-6-15(12-14(13)4-2-3-9-18)16(21)17(7-10-19)8-11-20/h5-6,12,18-20H,3,7-11H2,1H3. The van der Waals surface area contributed by atoms with Crippen molar-refractivity contribution >= 4 is 5.91 Å². The molecule has 0 aliphatic carbocycles. The fourth-order valence-corrected chi connectivity index (χ4v) is 1.84. The number of aliphatic hydroxyl groups excluding tert-OH is 3.